The minimum absolute atomic E-state index is 0.0599. The molecule has 0 radical (unpaired) electrons. The Labute approximate surface area is 192 Å². The van der Waals surface area contributed by atoms with Crippen LogP contribution >= 0.6 is 23.2 Å². The van der Waals surface area contributed by atoms with Gasteiger partial charge in [0.1, 0.15) is 12.3 Å². The van der Waals surface area contributed by atoms with E-state index in [2.05, 4.69) is 23.1 Å². The van der Waals surface area contributed by atoms with Crippen molar-refractivity contribution in [3.8, 4) is 11.5 Å². The third-order valence-electron chi connectivity index (χ3n) is 6.18. The maximum Gasteiger partial charge on any atom is 0.161 e. The zero-order valence-corrected chi connectivity index (χ0v) is 18.9. The van der Waals surface area contributed by atoms with E-state index in [0.29, 0.717) is 10.8 Å². The Bertz CT molecular complexity index is 1090. The molecular formula is C25H23Cl2NO3. The second-order valence-corrected chi connectivity index (χ2v) is 8.72. The molecule has 160 valence electrons. The third kappa shape index (κ3) is 3.68. The highest BCUT2D eigenvalue weighted by Crippen LogP contribution is 2.53. The molecule has 0 saturated carbocycles. The highest BCUT2D eigenvalue weighted by atomic mass is 35.5. The summed E-state index contributed by atoms with van der Waals surface area (Å²) in [7, 11) is 3.33. The summed E-state index contributed by atoms with van der Waals surface area (Å²) in [4.78, 5) is 2.43. The van der Waals surface area contributed by atoms with Crippen LogP contribution in [-0.4, -0.2) is 25.7 Å². The largest absolute Gasteiger partial charge is 0.493 e. The molecule has 6 heteroatoms. The molecule has 0 bridgehead atoms. The lowest BCUT2D eigenvalue weighted by atomic mass is 9.92. The Morgan fingerprint density at radius 1 is 0.839 bits per heavy atom. The fraction of sp³-hybridized carbons (Fsp3) is 0.280. The lowest BCUT2D eigenvalue weighted by Crippen LogP contribution is -2.34. The number of hydrogen-bond acceptors (Lipinski definition) is 4. The fourth-order valence-electron chi connectivity index (χ4n) is 4.69. The average Bonchev–Trinajstić information content (AvgIpc) is 3.19. The fourth-order valence-corrected chi connectivity index (χ4v) is 4.94. The molecule has 0 N–H and O–H groups in total. The Balaban J connectivity index is 1.60. The number of ether oxygens (including phenoxy) is 3. The first-order valence-corrected chi connectivity index (χ1v) is 11.0. The molecule has 4 nitrogen and oxygen atoms in total. The standard InChI is InChI=1S/C25H23Cl2NO3/c1-29-21-13-17-11-12-28-23(15-3-7-18(26)8-4-15)24(16-5-9-19(27)10-6-16)31-25(28)20(17)14-22(21)30-2/h3-10,13-14,23-25H,11-12H2,1-2H3/t23-,24-,25+/m0/s1. The van der Waals surface area contributed by atoms with Gasteiger partial charge in [0.15, 0.2) is 11.5 Å². The van der Waals surface area contributed by atoms with Crippen LogP contribution in [0.1, 0.15) is 40.6 Å². The number of nitrogens with zero attached hydrogens (tertiary/aromatic N) is 1. The number of methoxy groups -OCH3 is 2. The van der Waals surface area contributed by atoms with E-state index in [1.807, 2.05) is 42.5 Å². The van der Waals surface area contributed by atoms with Crippen molar-refractivity contribution in [3.63, 3.8) is 0 Å². The predicted octanol–water partition coefficient (Wildman–Crippen LogP) is 6.38. The van der Waals surface area contributed by atoms with Crippen molar-refractivity contribution in [2.75, 3.05) is 20.8 Å². The maximum atomic E-state index is 6.74. The number of benzene rings is 3. The molecule has 2 aliphatic heterocycles. The summed E-state index contributed by atoms with van der Waals surface area (Å²) in [6, 6.07) is 20.2. The van der Waals surface area contributed by atoms with Crippen LogP contribution < -0.4 is 9.47 Å². The first-order valence-electron chi connectivity index (χ1n) is 10.3. The van der Waals surface area contributed by atoms with E-state index in [9.17, 15) is 0 Å². The molecule has 3 aromatic rings. The molecule has 0 amide bonds. The molecule has 31 heavy (non-hydrogen) atoms. The van der Waals surface area contributed by atoms with Gasteiger partial charge in [-0.3, -0.25) is 4.90 Å². The van der Waals surface area contributed by atoms with Crippen LogP contribution in [-0.2, 0) is 11.2 Å². The molecule has 5 rings (SSSR count). The maximum absolute atomic E-state index is 6.74. The Morgan fingerprint density at radius 3 is 2.03 bits per heavy atom. The molecule has 1 fully saturated rings. The SMILES string of the molecule is COc1cc2c(cc1OC)[C@H]1O[C@@H](c3ccc(Cl)cc3)[C@H](c3ccc(Cl)cc3)N1CC2. The van der Waals surface area contributed by atoms with Gasteiger partial charge in [0.05, 0.1) is 20.3 Å². The zero-order valence-electron chi connectivity index (χ0n) is 17.3. The molecule has 3 atom stereocenters. The van der Waals surface area contributed by atoms with E-state index in [4.69, 9.17) is 37.4 Å². The second-order valence-electron chi connectivity index (χ2n) is 7.85. The molecule has 0 aromatic heterocycles. The summed E-state index contributed by atoms with van der Waals surface area (Å²) in [6.45, 7) is 0.879. The summed E-state index contributed by atoms with van der Waals surface area (Å²) in [6.07, 6.45) is 0.597. The minimum Gasteiger partial charge on any atom is -0.493 e. The number of hydrogen-bond donors (Lipinski definition) is 0. The monoisotopic (exact) mass is 455 g/mol. The summed E-state index contributed by atoms with van der Waals surface area (Å²) in [5, 5.41) is 1.44. The van der Waals surface area contributed by atoms with Crippen molar-refractivity contribution in [2.45, 2.75) is 24.8 Å². The van der Waals surface area contributed by atoms with Crippen LogP contribution in [0.4, 0.5) is 0 Å². The van der Waals surface area contributed by atoms with Crippen LogP contribution in [0.3, 0.4) is 0 Å². The molecular weight excluding hydrogens is 433 g/mol. The molecule has 0 spiro atoms. The quantitative estimate of drug-likeness (QED) is 0.456. The van der Waals surface area contributed by atoms with E-state index in [-0.39, 0.29) is 18.4 Å². The van der Waals surface area contributed by atoms with E-state index < -0.39 is 0 Å². The lowest BCUT2D eigenvalue weighted by Gasteiger charge is -2.34. The van der Waals surface area contributed by atoms with Gasteiger partial charge >= 0.3 is 0 Å². The van der Waals surface area contributed by atoms with Crippen LogP contribution in [0, 0.1) is 0 Å². The van der Waals surface area contributed by atoms with Gasteiger partial charge in [-0.05, 0) is 59.5 Å². The third-order valence-corrected chi connectivity index (χ3v) is 6.69. The Hall–Kier alpha value is -2.24. The normalized spacial score (nSPS) is 22.6. The molecule has 0 unspecified atom stereocenters. The van der Waals surface area contributed by atoms with E-state index >= 15 is 0 Å². The van der Waals surface area contributed by atoms with Crippen molar-refractivity contribution in [3.05, 3.63) is 93.0 Å². The molecule has 3 aromatic carbocycles. The summed E-state index contributed by atoms with van der Waals surface area (Å²) in [5.74, 6) is 1.46. The van der Waals surface area contributed by atoms with Gasteiger partial charge in [0, 0.05) is 22.2 Å². The summed E-state index contributed by atoms with van der Waals surface area (Å²) < 4.78 is 17.8. The number of rotatable bonds is 4. The molecule has 2 aliphatic rings. The van der Waals surface area contributed by atoms with Crippen molar-refractivity contribution in [2.24, 2.45) is 0 Å². The topological polar surface area (TPSA) is 30.9 Å². The number of halogens is 2. The highest BCUT2D eigenvalue weighted by Gasteiger charge is 2.46. The van der Waals surface area contributed by atoms with Crippen LogP contribution in [0.25, 0.3) is 0 Å². The average molecular weight is 456 g/mol. The van der Waals surface area contributed by atoms with Gasteiger partial charge in [-0.25, -0.2) is 0 Å². The van der Waals surface area contributed by atoms with E-state index in [1.54, 1.807) is 14.2 Å². The highest BCUT2D eigenvalue weighted by molar-refractivity contribution is 6.30. The van der Waals surface area contributed by atoms with Crippen LogP contribution in [0.2, 0.25) is 10.0 Å². The second kappa shape index (κ2) is 8.36. The van der Waals surface area contributed by atoms with Crippen molar-refractivity contribution < 1.29 is 14.2 Å². The van der Waals surface area contributed by atoms with Crippen LogP contribution in [0.5, 0.6) is 11.5 Å². The van der Waals surface area contributed by atoms with Crippen LogP contribution in [0.15, 0.2) is 60.7 Å². The van der Waals surface area contributed by atoms with Crippen molar-refractivity contribution in [1.29, 1.82) is 0 Å². The lowest BCUT2D eigenvalue weighted by molar-refractivity contribution is -0.00797. The first kappa shape index (κ1) is 20.7. The Kier molecular flexibility index (Phi) is 5.57. The summed E-state index contributed by atoms with van der Waals surface area (Å²) >= 11 is 12.3. The van der Waals surface area contributed by atoms with E-state index in [0.717, 1.165) is 34.9 Å². The number of fused-ring (bicyclic) bond motifs is 3. The first-order chi connectivity index (χ1) is 15.1. The summed E-state index contributed by atoms with van der Waals surface area (Å²) in [5.41, 5.74) is 4.63. The van der Waals surface area contributed by atoms with Crippen molar-refractivity contribution in [1.82, 2.24) is 4.90 Å². The predicted molar refractivity (Wildman–Crippen MR) is 122 cm³/mol. The van der Waals surface area contributed by atoms with E-state index in [1.165, 1.54) is 11.1 Å². The molecule has 1 saturated heterocycles. The van der Waals surface area contributed by atoms with Crippen molar-refractivity contribution >= 4 is 23.2 Å². The van der Waals surface area contributed by atoms with Gasteiger partial charge in [-0.15, -0.1) is 0 Å². The molecule has 2 heterocycles. The van der Waals surface area contributed by atoms with Gasteiger partial charge in [-0.1, -0.05) is 47.5 Å². The zero-order chi connectivity index (χ0) is 21.5. The van der Waals surface area contributed by atoms with Gasteiger partial charge in [0.25, 0.3) is 0 Å². The van der Waals surface area contributed by atoms with Gasteiger partial charge in [-0.2, -0.15) is 0 Å². The molecule has 0 aliphatic carbocycles. The van der Waals surface area contributed by atoms with Gasteiger partial charge < -0.3 is 14.2 Å². The smallest absolute Gasteiger partial charge is 0.161 e. The Morgan fingerprint density at radius 2 is 1.42 bits per heavy atom. The van der Waals surface area contributed by atoms with Gasteiger partial charge in [0.2, 0.25) is 0 Å². The minimum atomic E-state index is -0.176.